The molecule has 1 fully saturated rings. The minimum absolute atomic E-state index is 0. The number of rotatable bonds is 3. The molecular weight excluding hydrogens is 360 g/mol. The van der Waals surface area contributed by atoms with Crippen molar-refractivity contribution in [3.05, 3.63) is 70.5 Å². The summed E-state index contributed by atoms with van der Waals surface area (Å²) in [6.45, 7) is 0. The number of nitro benzene ring substituents is 1. The predicted molar refractivity (Wildman–Crippen MR) is 83.8 cm³/mol. The fourth-order valence-electron chi connectivity index (χ4n) is 3.06. The molecule has 3 rings (SSSR count). The van der Waals surface area contributed by atoms with E-state index < -0.39 is 34.6 Å². The number of amides is 2. The summed E-state index contributed by atoms with van der Waals surface area (Å²) < 4.78 is 1.59. The summed E-state index contributed by atoms with van der Waals surface area (Å²) in [6, 6.07) is 11.9. The quantitative estimate of drug-likeness (QED) is 0.290. The first kappa shape index (κ1) is 19.0. The van der Waals surface area contributed by atoms with E-state index in [2.05, 4.69) is 5.32 Å². The number of carbonyl (C=O) groups excluding carboxylic acids is 2. The molecular formula is C17H13ClN4O4. The van der Waals surface area contributed by atoms with Gasteiger partial charge < -0.3 is 12.4 Å². The molecule has 2 aromatic rings. The fraction of sp³-hybridized carbons (Fsp3) is 0.176. The van der Waals surface area contributed by atoms with Crippen molar-refractivity contribution in [3.8, 4) is 6.07 Å². The minimum Gasteiger partial charge on any atom is -1.00 e. The number of hydrogen-bond acceptors (Lipinski definition) is 5. The Morgan fingerprint density at radius 1 is 1.12 bits per heavy atom. The van der Waals surface area contributed by atoms with Crippen LogP contribution in [0.15, 0.2) is 54.9 Å². The Hall–Kier alpha value is -3.31. The molecule has 3 atom stereocenters. The lowest BCUT2D eigenvalue weighted by Crippen LogP contribution is -3.00. The van der Waals surface area contributed by atoms with E-state index in [1.165, 1.54) is 18.2 Å². The molecule has 0 spiro atoms. The minimum atomic E-state index is -1.14. The Balaban J connectivity index is 0.00000243. The SMILES string of the molecule is N#CC1C(=O)NC(=O)C([n+]2ccccc2)C1c1cccc([N+](=O)[O-])c1.[Cl-]. The van der Waals surface area contributed by atoms with Crippen LogP contribution in [0.3, 0.4) is 0 Å². The number of imide groups is 1. The number of nitro groups is 1. The molecule has 2 amide bonds. The number of nitrogens with zero attached hydrogens (tertiary/aromatic N) is 3. The Morgan fingerprint density at radius 3 is 2.42 bits per heavy atom. The van der Waals surface area contributed by atoms with Gasteiger partial charge in [0.1, 0.15) is 5.92 Å². The summed E-state index contributed by atoms with van der Waals surface area (Å²) in [7, 11) is 0. The van der Waals surface area contributed by atoms with Gasteiger partial charge in [0.15, 0.2) is 12.4 Å². The summed E-state index contributed by atoms with van der Waals surface area (Å²) in [4.78, 5) is 35.1. The Kier molecular flexibility index (Phi) is 5.64. The van der Waals surface area contributed by atoms with E-state index in [-0.39, 0.29) is 18.1 Å². The van der Waals surface area contributed by atoms with Crippen molar-refractivity contribution in [2.75, 3.05) is 0 Å². The highest BCUT2D eigenvalue weighted by Gasteiger charge is 2.50. The average molecular weight is 373 g/mol. The first-order chi connectivity index (χ1) is 12.0. The number of piperidine rings is 1. The molecule has 1 aliphatic rings. The van der Waals surface area contributed by atoms with Crippen molar-refractivity contribution in [1.29, 1.82) is 5.26 Å². The van der Waals surface area contributed by atoms with E-state index in [0.29, 0.717) is 5.56 Å². The van der Waals surface area contributed by atoms with Crippen molar-refractivity contribution in [2.24, 2.45) is 5.92 Å². The molecule has 1 saturated heterocycles. The van der Waals surface area contributed by atoms with Gasteiger partial charge in [0.05, 0.1) is 16.9 Å². The first-order valence-corrected chi connectivity index (χ1v) is 7.47. The van der Waals surface area contributed by atoms with Crippen molar-refractivity contribution in [2.45, 2.75) is 12.0 Å². The van der Waals surface area contributed by atoms with Gasteiger partial charge in [-0.15, -0.1) is 0 Å². The Labute approximate surface area is 154 Å². The van der Waals surface area contributed by atoms with Gasteiger partial charge in [-0.1, -0.05) is 18.2 Å². The van der Waals surface area contributed by atoms with Crippen LogP contribution in [-0.2, 0) is 9.59 Å². The van der Waals surface area contributed by atoms with Crippen LogP contribution in [0.25, 0.3) is 0 Å². The predicted octanol–water partition coefficient (Wildman–Crippen LogP) is -1.99. The molecule has 3 unspecified atom stereocenters. The fourth-order valence-corrected chi connectivity index (χ4v) is 3.06. The van der Waals surface area contributed by atoms with Gasteiger partial charge in [-0.05, 0) is 5.56 Å². The van der Waals surface area contributed by atoms with Crippen molar-refractivity contribution in [1.82, 2.24) is 5.32 Å². The number of aromatic nitrogens is 1. The highest BCUT2D eigenvalue weighted by molar-refractivity contribution is 6.02. The number of hydrogen-bond donors (Lipinski definition) is 1. The lowest BCUT2D eigenvalue weighted by molar-refractivity contribution is -0.713. The summed E-state index contributed by atoms with van der Waals surface area (Å²) in [5.41, 5.74) is 0.231. The molecule has 132 valence electrons. The van der Waals surface area contributed by atoms with Gasteiger partial charge >= 0.3 is 0 Å². The van der Waals surface area contributed by atoms with Gasteiger partial charge in [0, 0.05) is 24.3 Å². The molecule has 1 aliphatic heterocycles. The van der Waals surface area contributed by atoms with Crippen LogP contribution in [0.1, 0.15) is 17.5 Å². The van der Waals surface area contributed by atoms with Crippen LogP contribution in [0, 0.1) is 27.4 Å². The molecule has 1 N–H and O–H groups in total. The number of benzene rings is 1. The van der Waals surface area contributed by atoms with Gasteiger partial charge in [-0.25, -0.2) is 0 Å². The maximum atomic E-state index is 12.5. The lowest BCUT2D eigenvalue weighted by Gasteiger charge is -2.29. The third-order valence-electron chi connectivity index (χ3n) is 4.16. The summed E-state index contributed by atoms with van der Waals surface area (Å²) in [5, 5.41) is 22.7. The van der Waals surface area contributed by atoms with Crippen LogP contribution in [0.5, 0.6) is 0 Å². The zero-order valence-corrected chi connectivity index (χ0v) is 14.0. The van der Waals surface area contributed by atoms with Crippen LogP contribution in [-0.4, -0.2) is 16.7 Å². The van der Waals surface area contributed by atoms with Crippen molar-refractivity contribution in [3.63, 3.8) is 0 Å². The molecule has 1 aromatic heterocycles. The van der Waals surface area contributed by atoms with Crippen molar-refractivity contribution >= 4 is 17.5 Å². The van der Waals surface area contributed by atoms with Crippen molar-refractivity contribution < 1.29 is 31.5 Å². The smallest absolute Gasteiger partial charge is 0.296 e. The molecule has 0 radical (unpaired) electrons. The molecule has 0 aliphatic carbocycles. The molecule has 26 heavy (non-hydrogen) atoms. The lowest BCUT2D eigenvalue weighted by atomic mass is 9.77. The zero-order valence-electron chi connectivity index (χ0n) is 13.3. The van der Waals surface area contributed by atoms with E-state index >= 15 is 0 Å². The third-order valence-corrected chi connectivity index (χ3v) is 4.16. The van der Waals surface area contributed by atoms with E-state index in [0.717, 1.165) is 0 Å². The molecule has 1 aromatic carbocycles. The third kappa shape index (κ3) is 3.38. The number of pyridine rings is 1. The second-order valence-electron chi connectivity index (χ2n) is 5.61. The van der Waals surface area contributed by atoms with E-state index in [9.17, 15) is 25.0 Å². The summed E-state index contributed by atoms with van der Waals surface area (Å²) in [6.07, 6.45) is 3.30. The zero-order chi connectivity index (χ0) is 18.0. The maximum Gasteiger partial charge on any atom is 0.296 e. The van der Waals surface area contributed by atoms with Crippen LogP contribution in [0.2, 0.25) is 0 Å². The molecule has 2 heterocycles. The van der Waals surface area contributed by atoms with Gasteiger partial charge in [-0.2, -0.15) is 9.83 Å². The largest absolute Gasteiger partial charge is 1.00 e. The highest BCUT2D eigenvalue weighted by Crippen LogP contribution is 2.37. The summed E-state index contributed by atoms with van der Waals surface area (Å²) in [5.74, 6) is -3.23. The normalized spacial score (nSPS) is 21.9. The number of nitrogens with one attached hydrogen (secondary N) is 1. The van der Waals surface area contributed by atoms with E-state index in [1.807, 2.05) is 6.07 Å². The van der Waals surface area contributed by atoms with Gasteiger partial charge in [0.2, 0.25) is 11.9 Å². The Morgan fingerprint density at radius 2 is 1.81 bits per heavy atom. The van der Waals surface area contributed by atoms with Crippen LogP contribution < -0.4 is 22.3 Å². The Bertz CT molecular complexity index is 897. The molecule has 0 bridgehead atoms. The number of halogens is 1. The second-order valence-corrected chi connectivity index (χ2v) is 5.61. The van der Waals surface area contributed by atoms with Crippen LogP contribution >= 0.6 is 0 Å². The topological polar surface area (TPSA) is 117 Å². The monoisotopic (exact) mass is 372 g/mol. The van der Waals surface area contributed by atoms with Gasteiger partial charge in [0.25, 0.3) is 11.6 Å². The van der Waals surface area contributed by atoms with Crippen LogP contribution in [0.4, 0.5) is 5.69 Å². The average Bonchev–Trinajstić information content (AvgIpc) is 2.62. The number of carbonyl (C=O) groups is 2. The number of non-ortho nitro benzene ring substituents is 1. The standard InChI is InChI=1S/C17H12N4O4.ClH/c18-10-13-14(11-5-4-6-12(9-11)21(24)25)15(17(23)19-16(13)22)20-7-2-1-3-8-20;/h1-9,13-15H;1H. The first-order valence-electron chi connectivity index (χ1n) is 7.47. The number of nitriles is 1. The van der Waals surface area contributed by atoms with Gasteiger partial charge in [-0.3, -0.25) is 25.0 Å². The molecule has 8 nitrogen and oxygen atoms in total. The van der Waals surface area contributed by atoms with E-state index in [4.69, 9.17) is 0 Å². The van der Waals surface area contributed by atoms with E-state index in [1.54, 1.807) is 41.2 Å². The second kappa shape index (κ2) is 7.72. The summed E-state index contributed by atoms with van der Waals surface area (Å²) >= 11 is 0. The molecule has 0 saturated carbocycles. The highest BCUT2D eigenvalue weighted by atomic mass is 35.5. The molecule has 9 heteroatoms. The maximum absolute atomic E-state index is 12.5.